The summed E-state index contributed by atoms with van der Waals surface area (Å²) >= 11 is 7.33. The molecule has 0 aliphatic heterocycles. The van der Waals surface area contributed by atoms with Gasteiger partial charge in [0.2, 0.25) is 5.91 Å². The van der Waals surface area contributed by atoms with E-state index < -0.39 is 0 Å². The van der Waals surface area contributed by atoms with Crippen molar-refractivity contribution in [1.29, 1.82) is 0 Å². The molecule has 0 fully saturated rings. The molecule has 0 radical (unpaired) electrons. The van der Waals surface area contributed by atoms with E-state index in [2.05, 4.69) is 4.98 Å². The highest BCUT2D eigenvalue weighted by molar-refractivity contribution is 7.22. The summed E-state index contributed by atoms with van der Waals surface area (Å²) in [5.41, 5.74) is 1.46. The molecule has 2 heterocycles. The van der Waals surface area contributed by atoms with Crippen LogP contribution in [0.3, 0.4) is 0 Å². The molecule has 0 aliphatic carbocycles. The van der Waals surface area contributed by atoms with Gasteiger partial charge >= 0.3 is 0 Å². The largest absolute Gasteiger partial charge is 0.341 e. The van der Waals surface area contributed by atoms with Crippen LogP contribution < -0.4 is 5.56 Å². The molecule has 1 amide bonds. The van der Waals surface area contributed by atoms with Crippen molar-refractivity contribution in [2.75, 3.05) is 13.1 Å². The lowest BCUT2D eigenvalue weighted by Gasteiger charge is -2.21. The maximum absolute atomic E-state index is 12.8. The predicted octanol–water partition coefficient (Wildman–Crippen LogP) is 4.43. The summed E-state index contributed by atoms with van der Waals surface area (Å²) in [6.45, 7) is 5.52. The van der Waals surface area contributed by atoms with Gasteiger partial charge < -0.3 is 4.90 Å². The normalized spacial score (nSPS) is 11.1. The topological polar surface area (TPSA) is 55.2 Å². The number of hydrogen-bond acceptors (Lipinski definition) is 4. The lowest BCUT2D eigenvalue weighted by molar-refractivity contribution is -0.132. The maximum Gasteiger partial charge on any atom is 0.271 e. The smallest absolute Gasteiger partial charge is 0.271 e. The maximum atomic E-state index is 12.8. The fourth-order valence-electron chi connectivity index (χ4n) is 2.96. The highest BCUT2D eigenvalue weighted by atomic mass is 35.5. The van der Waals surface area contributed by atoms with Crippen LogP contribution in [-0.4, -0.2) is 33.4 Å². The number of fused-ring (bicyclic) bond motifs is 1. The van der Waals surface area contributed by atoms with Crippen LogP contribution in [0.2, 0.25) is 5.02 Å². The summed E-state index contributed by atoms with van der Waals surface area (Å²) in [6.07, 6.45) is 3.26. The van der Waals surface area contributed by atoms with Crippen LogP contribution >= 0.6 is 22.9 Å². The highest BCUT2D eigenvalue weighted by Gasteiger charge is 2.16. The molecule has 3 rings (SSSR count). The number of aromatic nitrogens is 2. The first-order chi connectivity index (χ1) is 13.0. The van der Waals surface area contributed by atoms with E-state index in [0.29, 0.717) is 28.3 Å². The number of carbonyl (C=O) groups is 1. The van der Waals surface area contributed by atoms with Crippen LogP contribution in [0, 0.1) is 0 Å². The molecule has 0 saturated heterocycles. The summed E-state index contributed by atoms with van der Waals surface area (Å²) in [4.78, 5) is 32.6. The number of amides is 1. The van der Waals surface area contributed by atoms with Crippen molar-refractivity contribution in [3.05, 3.63) is 52.0 Å². The Morgan fingerprint density at radius 2 is 1.85 bits per heavy atom. The SMILES string of the molecule is CCCN(CCC)C(=O)Cn1cnc2cc(-c3ccc(Cl)cc3)sc2c1=O. The minimum absolute atomic E-state index is 0.0238. The first-order valence-electron chi connectivity index (χ1n) is 9.06. The molecule has 7 heteroatoms. The Balaban J connectivity index is 1.90. The van der Waals surface area contributed by atoms with Crippen molar-refractivity contribution in [2.24, 2.45) is 0 Å². The van der Waals surface area contributed by atoms with E-state index in [1.165, 1.54) is 22.2 Å². The average Bonchev–Trinajstić information content (AvgIpc) is 3.09. The Kier molecular flexibility index (Phi) is 6.29. The molecule has 0 unspecified atom stereocenters. The Bertz CT molecular complexity index is 989. The minimum atomic E-state index is -0.175. The molecule has 1 aromatic carbocycles. The summed E-state index contributed by atoms with van der Waals surface area (Å²) in [6, 6.07) is 9.38. The summed E-state index contributed by atoms with van der Waals surface area (Å²) < 4.78 is 1.97. The van der Waals surface area contributed by atoms with E-state index in [1.54, 1.807) is 0 Å². The van der Waals surface area contributed by atoms with Crippen LogP contribution in [0.15, 0.2) is 41.5 Å². The summed E-state index contributed by atoms with van der Waals surface area (Å²) in [7, 11) is 0. The molecule has 3 aromatic rings. The molecule has 27 heavy (non-hydrogen) atoms. The van der Waals surface area contributed by atoms with Gasteiger partial charge in [-0.25, -0.2) is 4.98 Å². The zero-order valence-corrected chi connectivity index (χ0v) is 17.0. The van der Waals surface area contributed by atoms with E-state index in [-0.39, 0.29) is 18.0 Å². The van der Waals surface area contributed by atoms with Gasteiger partial charge in [0.05, 0.1) is 11.8 Å². The van der Waals surface area contributed by atoms with Crippen molar-refractivity contribution in [3.8, 4) is 10.4 Å². The monoisotopic (exact) mass is 403 g/mol. The number of halogens is 1. The van der Waals surface area contributed by atoms with Crippen LogP contribution in [0.25, 0.3) is 20.7 Å². The summed E-state index contributed by atoms with van der Waals surface area (Å²) in [5.74, 6) is -0.0450. The Hall–Kier alpha value is -2.18. The number of hydrogen-bond donors (Lipinski definition) is 0. The molecule has 0 N–H and O–H groups in total. The Morgan fingerprint density at radius 3 is 2.48 bits per heavy atom. The van der Waals surface area contributed by atoms with E-state index in [4.69, 9.17) is 11.6 Å². The van der Waals surface area contributed by atoms with Gasteiger partial charge in [-0.05, 0) is 36.6 Å². The van der Waals surface area contributed by atoms with E-state index in [0.717, 1.165) is 23.3 Å². The summed E-state index contributed by atoms with van der Waals surface area (Å²) in [5, 5.41) is 0.669. The van der Waals surface area contributed by atoms with Gasteiger partial charge in [-0.1, -0.05) is 37.6 Å². The predicted molar refractivity (Wildman–Crippen MR) is 111 cm³/mol. The third kappa shape index (κ3) is 4.39. The van der Waals surface area contributed by atoms with E-state index >= 15 is 0 Å². The number of carbonyl (C=O) groups excluding carboxylic acids is 1. The van der Waals surface area contributed by atoms with Crippen LogP contribution in [0.5, 0.6) is 0 Å². The number of thiophene rings is 1. The quantitative estimate of drug-likeness (QED) is 0.586. The van der Waals surface area contributed by atoms with Gasteiger partial charge in [0, 0.05) is 23.0 Å². The zero-order chi connectivity index (χ0) is 19.4. The minimum Gasteiger partial charge on any atom is -0.341 e. The van der Waals surface area contributed by atoms with Crippen LogP contribution in [0.4, 0.5) is 0 Å². The molecule has 0 aliphatic rings. The fraction of sp³-hybridized carbons (Fsp3) is 0.350. The lowest BCUT2D eigenvalue weighted by atomic mass is 10.2. The second kappa shape index (κ2) is 8.67. The molecule has 0 atom stereocenters. The molecule has 2 aromatic heterocycles. The van der Waals surface area contributed by atoms with Crippen molar-refractivity contribution in [2.45, 2.75) is 33.2 Å². The first-order valence-corrected chi connectivity index (χ1v) is 10.3. The molecular weight excluding hydrogens is 382 g/mol. The fourth-order valence-corrected chi connectivity index (χ4v) is 4.15. The Morgan fingerprint density at radius 1 is 1.19 bits per heavy atom. The van der Waals surface area contributed by atoms with Gasteiger partial charge in [0.25, 0.3) is 5.56 Å². The lowest BCUT2D eigenvalue weighted by Crippen LogP contribution is -2.37. The zero-order valence-electron chi connectivity index (χ0n) is 15.4. The second-order valence-electron chi connectivity index (χ2n) is 6.39. The van der Waals surface area contributed by atoms with Gasteiger partial charge in [0.15, 0.2) is 0 Å². The molecule has 5 nitrogen and oxygen atoms in total. The molecule has 0 bridgehead atoms. The van der Waals surface area contributed by atoms with Gasteiger partial charge in [0.1, 0.15) is 11.2 Å². The van der Waals surface area contributed by atoms with Gasteiger partial charge in [-0.3, -0.25) is 14.2 Å². The first kappa shape index (κ1) is 19.6. The number of nitrogens with zero attached hydrogens (tertiary/aromatic N) is 3. The average molecular weight is 404 g/mol. The third-order valence-corrected chi connectivity index (χ3v) is 5.69. The van der Waals surface area contributed by atoms with Gasteiger partial charge in [-0.15, -0.1) is 11.3 Å². The van der Waals surface area contributed by atoms with Crippen molar-refractivity contribution in [1.82, 2.24) is 14.5 Å². The molecule has 0 saturated carbocycles. The van der Waals surface area contributed by atoms with E-state index in [1.807, 2.05) is 49.1 Å². The number of benzene rings is 1. The van der Waals surface area contributed by atoms with Crippen molar-refractivity contribution < 1.29 is 4.79 Å². The highest BCUT2D eigenvalue weighted by Crippen LogP contribution is 2.31. The van der Waals surface area contributed by atoms with E-state index in [9.17, 15) is 9.59 Å². The van der Waals surface area contributed by atoms with Gasteiger partial charge in [-0.2, -0.15) is 0 Å². The Labute approximate surface area is 167 Å². The van der Waals surface area contributed by atoms with Crippen molar-refractivity contribution >= 4 is 39.1 Å². The third-order valence-electron chi connectivity index (χ3n) is 4.28. The second-order valence-corrected chi connectivity index (χ2v) is 7.88. The molecule has 0 spiro atoms. The molecule has 142 valence electrons. The van der Waals surface area contributed by atoms with Crippen molar-refractivity contribution in [3.63, 3.8) is 0 Å². The standard InChI is InChI=1S/C20H22ClN3O2S/c1-3-9-23(10-4-2)18(25)12-24-13-22-16-11-17(27-19(16)20(24)26)14-5-7-15(21)8-6-14/h5-8,11,13H,3-4,9-10,12H2,1-2H3. The number of rotatable bonds is 7. The molecular formula is C20H22ClN3O2S. The van der Waals surface area contributed by atoms with Crippen LogP contribution in [0.1, 0.15) is 26.7 Å². The van der Waals surface area contributed by atoms with Crippen LogP contribution in [-0.2, 0) is 11.3 Å².